The average molecular weight is 472 g/mol. The molecule has 33 heavy (non-hydrogen) atoms. The molecule has 5 rings (SSSR count). The van der Waals surface area contributed by atoms with E-state index >= 15 is 0 Å². The molecule has 0 atom stereocenters. The molecule has 3 aromatic rings. The number of para-hydroxylation sites is 1. The van der Waals surface area contributed by atoms with E-state index in [0.29, 0.717) is 36.0 Å². The number of alkyl halides is 1. The van der Waals surface area contributed by atoms with Crippen LogP contribution in [0.2, 0.25) is 5.02 Å². The monoisotopic (exact) mass is 471 g/mol. The van der Waals surface area contributed by atoms with Gasteiger partial charge in [0.2, 0.25) is 0 Å². The molecule has 7 nitrogen and oxygen atoms in total. The molecule has 9 heteroatoms. The van der Waals surface area contributed by atoms with E-state index in [1.165, 1.54) is 0 Å². The van der Waals surface area contributed by atoms with Gasteiger partial charge >= 0.3 is 0 Å². The summed E-state index contributed by atoms with van der Waals surface area (Å²) in [7, 11) is 0. The lowest BCUT2D eigenvalue weighted by atomic mass is 10.1. The summed E-state index contributed by atoms with van der Waals surface area (Å²) < 4.78 is 20.6. The first-order chi connectivity index (χ1) is 16.0. The van der Waals surface area contributed by atoms with Crippen molar-refractivity contribution in [2.45, 2.75) is 45.9 Å². The van der Waals surface area contributed by atoms with Crippen LogP contribution < -0.4 is 4.74 Å². The van der Waals surface area contributed by atoms with Crippen LogP contribution in [-0.4, -0.2) is 62.7 Å². The predicted octanol–water partition coefficient (Wildman–Crippen LogP) is 3.97. The first kappa shape index (κ1) is 22.1. The van der Waals surface area contributed by atoms with E-state index in [2.05, 4.69) is 15.0 Å². The van der Waals surface area contributed by atoms with Crippen molar-refractivity contribution < 1.29 is 13.9 Å². The third kappa shape index (κ3) is 4.06. The van der Waals surface area contributed by atoms with Crippen molar-refractivity contribution >= 4 is 23.2 Å². The minimum absolute atomic E-state index is 0.0229. The van der Waals surface area contributed by atoms with Crippen LogP contribution in [0.1, 0.15) is 45.8 Å². The SMILES string of the molecule is Cc1nc2c3c(nn2c(C)c1Cl)CN(C(=O)c1ccccc1OC1CCN(CCF)CC1)C3. The van der Waals surface area contributed by atoms with E-state index < -0.39 is 0 Å². The summed E-state index contributed by atoms with van der Waals surface area (Å²) in [6.45, 7) is 6.43. The number of hydrogen-bond donors (Lipinski definition) is 0. The zero-order valence-corrected chi connectivity index (χ0v) is 19.6. The number of aromatic nitrogens is 3. The highest BCUT2D eigenvalue weighted by molar-refractivity contribution is 6.31. The van der Waals surface area contributed by atoms with Crippen LogP contribution in [0.5, 0.6) is 5.75 Å². The fourth-order valence-corrected chi connectivity index (χ4v) is 4.85. The number of carbonyl (C=O) groups excluding carboxylic acids is 1. The van der Waals surface area contributed by atoms with E-state index in [1.807, 2.05) is 38.1 Å². The molecule has 0 saturated carbocycles. The Morgan fingerprint density at radius 1 is 1.21 bits per heavy atom. The molecule has 2 aliphatic rings. The Labute approximate surface area is 197 Å². The smallest absolute Gasteiger partial charge is 0.258 e. The molecule has 0 aliphatic carbocycles. The molecule has 1 amide bonds. The van der Waals surface area contributed by atoms with Crippen LogP contribution in [0.3, 0.4) is 0 Å². The second-order valence-electron chi connectivity index (χ2n) is 8.76. The average Bonchev–Trinajstić information content (AvgIpc) is 3.38. The summed E-state index contributed by atoms with van der Waals surface area (Å²) in [5.41, 5.74) is 4.72. The topological polar surface area (TPSA) is 63.0 Å². The van der Waals surface area contributed by atoms with Gasteiger partial charge in [-0.05, 0) is 38.8 Å². The summed E-state index contributed by atoms with van der Waals surface area (Å²) in [6.07, 6.45) is 1.67. The molecule has 1 fully saturated rings. The summed E-state index contributed by atoms with van der Waals surface area (Å²) in [5, 5.41) is 5.28. The molecular formula is C24H27ClFN5O2. The fraction of sp³-hybridized carbons (Fsp3) is 0.458. The van der Waals surface area contributed by atoms with Crippen LogP contribution in [0.25, 0.3) is 5.65 Å². The van der Waals surface area contributed by atoms with Gasteiger partial charge in [0.15, 0.2) is 5.65 Å². The molecular weight excluding hydrogens is 445 g/mol. The normalized spacial score (nSPS) is 17.0. The van der Waals surface area contributed by atoms with Crippen LogP contribution in [0.15, 0.2) is 24.3 Å². The lowest BCUT2D eigenvalue weighted by Crippen LogP contribution is -2.39. The van der Waals surface area contributed by atoms with Crippen molar-refractivity contribution in [1.82, 2.24) is 24.4 Å². The van der Waals surface area contributed by atoms with E-state index in [9.17, 15) is 9.18 Å². The first-order valence-electron chi connectivity index (χ1n) is 11.3. The number of amides is 1. The Kier molecular flexibility index (Phi) is 5.97. The predicted molar refractivity (Wildman–Crippen MR) is 124 cm³/mol. The highest BCUT2D eigenvalue weighted by atomic mass is 35.5. The molecule has 174 valence electrons. The number of fused-ring (bicyclic) bond motifs is 3. The molecule has 0 unspecified atom stereocenters. The van der Waals surface area contributed by atoms with Crippen LogP contribution in [0, 0.1) is 13.8 Å². The molecule has 2 aliphatic heterocycles. The maximum Gasteiger partial charge on any atom is 0.258 e. The number of carbonyl (C=O) groups is 1. The van der Waals surface area contributed by atoms with Crippen LogP contribution in [-0.2, 0) is 13.1 Å². The Morgan fingerprint density at radius 2 is 1.97 bits per heavy atom. The van der Waals surface area contributed by atoms with Crippen LogP contribution >= 0.6 is 11.6 Å². The minimum atomic E-state index is -0.326. The molecule has 4 heterocycles. The molecule has 0 spiro atoms. The van der Waals surface area contributed by atoms with E-state index in [4.69, 9.17) is 16.3 Å². The van der Waals surface area contributed by atoms with Crippen molar-refractivity contribution in [3.05, 3.63) is 57.5 Å². The van der Waals surface area contributed by atoms with Gasteiger partial charge in [-0.1, -0.05) is 23.7 Å². The Bertz CT molecular complexity index is 1210. The largest absolute Gasteiger partial charge is 0.489 e. The highest BCUT2D eigenvalue weighted by Crippen LogP contribution is 2.32. The Balaban J connectivity index is 1.33. The zero-order chi connectivity index (χ0) is 23.1. The highest BCUT2D eigenvalue weighted by Gasteiger charge is 2.32. The lowest BCUT2D eigenvalue weighted by Gasteiger charge is -2.32. The maximum atomic E-state index is 13.5. The number of benzene rings is 1. The number of halogens is 2. The van der Waals surface area contributed by atoms with Crippen molar-refractivity contribution in [1.29, 1.82) is 0 Å². The molecule has 1 aromatic carbocycles. The molecule has 1 saturated heterocycles. The molecule has 0 N–H and O–H groups in total. The molecule has 0 radical (unpaired) electrons. The third-order valence-electron chi connectivity index (χ3n) is 6.59. The van der Waals surface area contributed by atoms with Gasteiger partial charge in [-0.2, -0.15) is 5.10 Å². The minimum Gasteiger partial charge on any atom is -0.489 e. The Hall–Kier alpha value is -2.71. The fourth-order valence-electron chi connectivity index (χ4n) is 4.72. The molecule has 2 aromatic heterocycles. The zero-order valence-electron chi connectivity index (χ0n) is 18.9. The Morgan fingerprint density at radius 3 is 2.73 bits per heavy atom. The van der Waals surface area contributed by atoms with Crippen molar-refractivity contribution in [3.63, 3.8) is 0 Å². The number of aryl methyl sites for hydroxylation is 2. The van der Waals surface area contributed by atoms with Crippen LogP contribution in [0.4, 0.5) is 4.39 Å². The second-order valence-corrected chi connectivity index (χ2v) is 9.14. The van der Waals surface area contributed by atoms with Gasteiger partial charge in [0.25, 0.3) is 5.91 Å². The number of likely N-dealkylation sites (tertiary alicyclic amines) is 1. The quantitative estimate of drug-likeness (QED) is 0.563. The van der Waals surface area contributed by atoms with Crippen molar-refractivity contribution in [2.75, 3.05) is 26.3 Å². The first-order valence-corrected chi connectivity index (χ1v) is 11.7. The third-order valence-corrected chi connectivity index (χ3v) is 7.14. The van der Waals surface area contributed by atoms with Gasteiger partial charge in [-0.3, -0.25) is 4.79 Å². The van der Waals surface area contributed by atoms with Crippen molar-refractivity contribution in [3.8, 4) is 5.75 Å². The van der Waals surface area contributed by atoms with E-state index in [1.54, 1.807) is 9.42 Å². The van der Waals surface area contributed by atoms with Gasteiger partial charge in [0.1, 0.15) is 18.5 Å². The summed E-state index contributed by atoms with van der Waals surface area (Å²) in [5.74, 6) is 0.515. The van der Waals surface area contributed by atoms with Gasteiger partial charge in [0.05, 0.1) is 40.8 Å². The van der Waals surface area contributed by atoms with Gasteiger partial charge in [0, 0.05) is 25.2 Å². The maximum absolute atomic E-state index is 13.5. The standard InChI is InChI=1S/C24H27ClFN5O2/c1-15-22(25)16(2)31-23(27-15)19-13-30(14-20(19)28-31)24(32)18-5-3-4-6-21(18)33-17-7-10-29(11-8-17)12-9-26/h3-6,17H,7-14H2,1-2H3. The van der Waals surface area contributed by atoms with Gasteiger partial charge < -0.3 is 14.5 Å². The van der Waals surface area contributed by atoms with E-state index in [-0.39, 0.29) is 18.7 Å². The molecule has 0 bridgehead atoms. The summed E-state index contributed by atoms with van der Waals surface area (Å²) in [6, 6.07) is 7.40. The lowest BCUT2D eigenvalue weighted by molar-refractivity contribution is 0.0725. The second kappa shape index (κ2) is 8.91. The van der Waals surface area contributed by atoms with Gasteiger partial charge in [-0.25, -0.2) is 13.9 Å². The number of rotatable bonds is 5. The number of nitrogens with zero attached hydrogens (tertiary/aromatic N) is 5. The number of piperidine rings is 1. The summed E-state index contributed by atoms with van der Waals surface area (Å²) >= 11 is 6.34. The van der Waals surface area contributed by atoms with Gasteiger partial charge in [-0.15, -0.1) is 0 Å². The van der Waals surface area contributed by atoms with E-state index in [0.717, 1.165) is 54.2 Å². The van der Waals surface area contributed by atoms with Crippen molar-refractivity contribution in [2.24, 2.45) is 0 Å². The number of hydrogen-bond acceptors (Lipinski definition) is 5. The number of ether oxygens (including phenoxy) is 1. The summed E-state index contributed by atoms with van der Waals surface area (Å²) in [4.78, 5) is 22.0.